The Balaban J connectivity index is 2.16. The SMILES string of the molecule is NC(c1cccc2ccccc12)C1(O)CC1. The van der Waals surface area contributed by atoms with Gasteiger partial charge in [0.25, 0.3) is 0 Å². The Labute approximate surface area is 94.7 Å². The molecule has 0 saturated heterocycles. The molecular weight excluding hydrogens is 198 g/mol. The summed E-state index contributed by atoms with van der Waals surface area (Å²) in [5, 5.41) is 12.4. The van der Waals surface area contributed by atoms with E-state index in [4.69, 9.17) is 5.73 Å². The highest BCUT2D eigenvalue weighted by molar-refractivity contribution is 5.86. The minimum absolute atomic E-state index is 0.265. The predicted octanol–water partition coefficient (Wildman–Crippen LogP) is 2.36. The van der Waals surface area contributed by atoms with Crippen molar-refractivity contribution in [1.82, 2.24) is 0 Å². The molecule has 1 fully saturated rings. The predicted molar refractivity (Wildman–Crippen MR) is 65.1 cm³/mol. The van der Waals surface area contributed by atoms with Gasteiger partial charge in [-0.15, -0.1) is 0 Å². The molecule has 0 spiro atoms. The molecule has 0 amide bonds. The van der Waals surface area contributed by atoms with Crippen LogP contribution in [0.25, 0.3) is 10.8 Å². The number of rotatable bonds is 2. The smallest absolute Gasteiger partial charge is 0.0841 e. The van der Waals surface area contributed by atoms with Gasteiger partial charge >= 0.3 is 0 Å². The van der Waals surface area contributed by atoms with Gasteiger partial charge in [0.1, 0.15) is 0 Å². The molecular formula is C14H15NO. The molecule has 0 aliphatic heterocycles. The third kappa shape index (κ3) is 1.42. The van der Waals surface area contributed by atoms with E-state index in [-0.39, 0.29) is 6.04 Å². The molecule has 0 heterocycles. The quantitative estimate of drug-likeness (QED) is 0.804. The van der Waals surface area contributed by atoms with Crippen LogP contribution in [0.4, 0.5) is 0 Å². The molecule has 2 nitrogen and oxygen atoms in total. The number of hydrogen-bond donors (Lipinski definition) is 2. The molecule has 2 heteroatoms. The molecule has 0 bridgehead atoms. The van der Waals surface area contributed by atoms with E-state index in [0.29, 0.717) is 0 Å². The van der Waals surface area contributed by atoms with Gasteiger partial charge in [0.05, 0.1) is 11.6 Å². The molecule has 2 aromatic carbocycles. The van der Waals surface area contributed by atoms with E-state index < -0.39 is 5.60 Å². The molecule has 3 rings (SSSR count). The lowest BCUT2D eigenvalue weighted by atomic mass is 9.95. The van der Waals surface area contributed by atoms with Gasteiger partial charge in [-0.2, -0.15) is 0 Å². The summed E-state index contributed by atoms with van der Waals surface area (Å²) in [5.74, 6) is 0. The Kier molecular flexibility index (Phi) is 2.03. The molecule has 1 unspecified atom stereocenters. The normalized spacial score (nSPS) is 19.6. The maximum Gasteiger partial charge on any atom is 0.0841 e. The van der Waals surface area contributed by atoms with E-state index in [2.05, 4.69) is 18.2 Å². The van der Waals surface area contributed by atoms with E-state index in [0.717, 1.165) is 23.8 Å². The Hall–Kier alpha value is -1.38. The van der Waals surface area contributed by atoms with Crippen LogP contribution in [-0.2, 0) is 0 Å². The first kappa shape index (κ1) is 9.82. The van der Waals surface area contributed by atoms with Gasteiger partial charge in [-0.05, 0) is 29.2 Å². The zero-order valence-electron chi connectivity index (χ0n) is 9.06. The van der Waals surface area contributed by atoms with Crippen LogP contribution in [-0.4, -0.2) is 10.7 Å². The summed E-state index contributed by atoms with van der Waals surface area (Å²) < 4.78 is 0. The highest BCUT2D eigenvalue weighted by Gasteiger charge is 2.46. The summed E-state index contributed by atoms with van der Waals surface area (Å²) in [7, 11) is 0. The lowest BCUT2D eigenvalue weighted by molar-refractivity contribution is 0.120. The number of aliphatic hydroxyl groups is 1. The van der Waals surface area contributed by atoms with Gasteiger partial charge in [0, 0.05) is 0 Å². The second kappa shape index (κ2) is 3.30. The van der Waals surface area contributed by atoms with Crippen LogP contribution in [0.2, 0.25) is 0 Å². The molecule has 2 aromatic rings. The first-order valence-electron chi connectivity index (χ1n) is 5.66. The lowest BCUT2D eigenvalue weighted by Gasteiger charge is -2.19. The Morgan fingerprint density at radius 3 is 2.50 bits per heavy atom. The number of nitrogens with two attached hydrogens (primary N) is 1. The molecule has 1 aliphatic rings. The molecule has 1 saturated carbocycles. The fourth-order valence-corrected chi connectivity index (χ4v) is 2.25. The molecule has 0 aromatic heterocycles. The number of benzene rings is 2. The maximum atomic E-state index is 10.1. The summed E-state index contributed by atoms with van der Waals surface area (Å²) in [6.45, 7) is 0. The molecule has 82 valence electrons. The first-order chi connectivity index (χ1) is 7.71. The maximum absolute atomic E-state index is 10.1. The average Bonchev–Trinajstić information content (AvgIpc) is 3.07. The standard InChI is InChI=1S/C14H15NO/c15-13(14(16)8-9-14)12-7-3-5-10-4-1-2-6-11(10)12/h1-7,13,16H,8-9,15H2. The van der Waals surface area contributed by atoms with Gasteiger partial charge in [0.2, 0.25) is 0 Å². The Bertz CT molecular complexity index is 526. The molecule has 1 atom stereocenters. The van der Waals surface area contributed by atoms with Gasteiger partial charge in [-0.1, -0.05) is 42.5 Å². The number of hydrogen-bond acceptors (Lipinski definition) is 2. The van der Waals surface area contributed by atoms with Crippen molar-refractivity contribution in [2.24, 2.45) is 5.73 Å². The van der Waals surface area contributed by atoms with E-state index in [1.54, 1.807) is 0 Å². The van der Waals surface area contributed by atoms with Crippen molar-refractivity contribution in [1.29, 1.82) is 0 Å². The second-order valence-electron chi connectivity index (χ2n) is 4.65. The second-order valence-corrected chi connectivity index (χ2v) is 4.65. The van der Waals surface area contributed by atoms with Crippen LogP contribution < -0.4 is 5.73 Å². The zero-order chi connectivity index (χ0) is 11.2. The summed E-state index contributed by atoms with van der Waals surface area (Å²) in [6, 6.07) is 14.0. The number of fused-ring (bicyclic) bond motifs is 1. The van der Waals surface area contributed by atoms with Crippen LogP contribution >= 0.6 is 0 Å². The average molecular weight is 213 g/mol. The van der Waals surface area contributed by atoms with Gasteiger partial charge < -0.3 is 10.8 Å². The topological polar surface area (TPSA) is 46.2 Å². The Morgan fingerprint density at radius 1 is 1.06 bits per heavy atom. The third-order valence-corrected chi connectivity index (χ3v) is 3.50. The monoisotopic (exact) mass is 213 g/mol. The van der Waals surface area contributed by atoms with Crippen molar-refractivity contribution in [2.45, 2.75) is 24.5 Å². The molecule has 3 N–H and O–H groups in total. The van der Waals surface area contributed by atoms with E-state index in [9.17, 15) is 5.11 Å². The van der Waals surface area contributed by atoms with Crippen molar-refractivity contribution in [2.75, 3.05) is 0 Å². The Morgan fingerprint density at radius 2 is 1.75 bits per heavy atom. The highest BCUT2D eigenvalue weighted by Crippen LogP contribution is 2.45. The lowest BCUT2D eigenvalue weighted by Crippen LogP contribution is -2.27. The van der Waals surface area contributed by atoms with Crippen LogP contribution in [0.1, 0.15) is 24.4 Å². The minimum atomic E-state index is -0.663. The van der Waals surface area contributed by atoms with Gasteiger partial charge in [0.15, 0.2) is 0 Å². The van der Waals surface area contributed by atoms with Gasteiger partial charge in [-0.25, -0.2) is 0 Å². The molecule has 16 heavy (non-hydrogen) atoms. The van der Waals surface area contributed by atoms with Crippen LogP contribution in [0.3, 0.4) is 0 Å². The van der Waals surface area contributed by atoms with E-state index >= 15 is 0 Å². The highest BCUT2D eigenvalue weighted by atomic mass is 16.3. The zero-order valence-corrected chi connectivity index (χ0v) is 9.06. The van der Waals surface area contributed by atoms with Crippen LogP contribution in [0, 0.1) is 0 Å². The largest absolute Gasteiger partial charge is 0.388 e. The van der Waals surface area contributed by atoms with Crippen LogP contribution in [0.5, 0.6) is 0 Å². The third-order valence-electron chi connectivity index (χ3n) is 3.50. The first-order valence-corrected chi connectivity index (χ1v) is 5.66. The molecule has 0 radical (unpaired) electrons. The summed E-state index contributed by atoms with van der Waals surface area (Å²) in [4.78, 5) is 0. The summed E-state index contributed by atoms with van der Waals surface area (Å²) in [5.41, 5.74) is 6.54. The fourth-order valence-electron chi connectivity index (χ4n) is 2.25. The van der Waals surface area contributed by atoms with Crippen molar-refractivity contribution in [3.8, 4) is 0 Å². The molecule has 1 aliphatic carbocycles. The van der Waals surface area contributed by atoms with E-state index in [1.807, 2.05) is 24.3 Å². The summed E-state index contributed by atoms with van der Waals surface area (Å²) >= 11 is 0. The minimum Gasteiger partial charge on any atom is -0.388 e. The van der Waals surface area contributed by atoms with Gasteiger partial charge in [-0.3, -0.25) is 0 Å². The summed E-state index contributed by atoms with van der Waals surface area (Å²) in [6.07, 6.45) is 1.63. The van der Waals surface area contributed by atoms with Crippen LogP contribution in [0.15, 0.2) is 42.5 Å². The van der Waals surface area contributed by atoms with Crippen molar-refractivity contribution in [3.05, 3.63) is 48.0 Å². The van der Waals surface area contributed by atoms with Crippen molar-refractivity contribution < 1.29 is 5.11 Å². The van der Waals surface area contributed by atoms with Crippen molar-refractivity contribution in [3.63, 3.8) is 0 Å². The van der Waals surface area contributed by atoms with E-state index in [1.165, 1.54) is 5.39 Å². The van der Waals surface area contributed by atoms with Crippen molar-refractivity contribution >= 4 is 10.8 Å². The fraction of sp³-hybridized carbons (Fsp3) is 0.286.